The Kier molecular flexibility index (Phi) is 6.18. The molecule has 0 atom stereocenters. The standard InChI is InChI=1S/C22H17Cl2N3O2S/c1-14-18(24)9-10-19-21(14)26-22(30-19)27(12-16-4-2-3-11-25-16)20(28)13-29-17-7-5-15(23)6-8-17/h2-11H,12-13H2,1H3. The number of anilines is 1. The van der Waals surface area contributed by atoms with Crippen molar-refractivity contribution in [1.29, 1.82) is 0 Å². The van der Waals surface area contributed by atoms with Crippen LogP contribution in [0.1, 0.15) is 11.3 Å². The highest BCUT2D eigenvalue weighted by molar-refractivity contribution is 7.22. The highest BCUT2D eigenvalue weighted by Gasteiger charge is 2.22. The van der Waals surface area contributed by atoms with E-state index in [4.69, 9.17) is 32.9 Å². The van der Waals surface area contributed by atoms with Crippen molar-refractivity contribution in [3.63, 3.8) is 0 Å². The number of carbonyl (C=O) groups is 1. The van der Waals surface area contributed by atoms with Crippen molar-refractivity contribution in [3.05, 3.63) is 82.1 Å². The summed E-state index contributed by atoms with van der Waals surface area (Å²) in [6.07, 6.45) is 1.70. The molecule has 0 fully saturated rings. The normalized spacial score (nSPS) is 10.9. The predicted octanol–water partition coefficient (Wildman–Crippen LogP) is 5.92. The molecule has 2 heterocycles. The lowest BCUT2D eigenvalue weighted by Crippen LogP contribution is -2.34. The van der Waals surface area contributed by atoms with Gasteiger partial charge in [-0.15, -0.1) is 0 Å². The second-order valence-electron chi connectivity index (χ2n) is 6.56. The van der Waals surface area contributed by atoms with E-state index >= 15 is 0 Å². The average Bonchev–Trinajstić information content (AvgIpc) is 3.19. The maximum atomic E-state index is 13.1. The van der Waals surface area contributed by atoms with Gasteiger partial charge in [0, 0.05) is 16.2 Å². The van der Waals surface area contributed by atoms with E-state index in [0.29, 0.717) is 20.9 Å². The van der Waals surface area contributed by atoms with Gasteiger partial charge < -0.3 is 4.74 Å². The van der Waals surface area contributed by atoms with Crippen LogP contribution in [0.2, 0.25) is 10.0 Å². The number of halogens is 2. The first-order valence-corrected chi connectivity index (χ1v) is 10.7. The van der Waals surface area contributed by atoms with E-state index < -0.39 is 0 Å². The molecule has 30 heavy (non-hydrogen) atoms. The van der Waals surface area contributed by atoms with Crippen molar-refractivity contribution < 1.29 is 9.53 Å². The third-order valence-electron chi connectivity index (χ3n) is 4.49. The lowest BCUT2D eigenvalue weighted by molar-refractivity contribution is -0.120. The number of benzene rings is 2. The lowest BCUT2D eigenvalue weighted by Gasteiger charge is -2.19. The van der Waals surface area contributed by atoms with E-state index in [0.717, 1.165) is 21.5 Å². The molecule has 5 nitrogen and oxygen atoms in total. The van der Waals surface area contributed by atoms with E-state index in [2.05, 4.69) is 4.98 Å². The van der Waals surface area contributed by atoms with Crippen molar-refractivity contribution in [2.75, 3.05) is 11.5 Å². The molecule has 1 amide bonds. The van der Waals surface area contributed by atoms with E-state index in [-0.39, 0.29) is 19.1 Å². The SMILES string of the molecule is Cc1c(Cl)ccc2sc(N(Cc3ccccn3)C(=O)COc3ccc(Cl)cc3)nc12. The summed E-state index contributed by atoms with van der Waals surface area (Å²) in [5, 5.41) is 1.83. The van der Waals surface area contributed by atoms with Gasteiger partial charge in [0.05, 0.1) is 22.5 Å². The van der Waals surface area contributed by atoms with Crippen LogP contribution in [-0.4, -0.2) is 22.5 Å². The molecule has 2 aromatic carbocycles. The number of aryl methyl sites for hydroxylation is 1. The molecule has 0 aliphatic carbocycles. The number of carbonyl (C=O) groups excluding carboxylic acids is 1. The van der Waals surface area contributed by atoms with Crippen molar-refractivity contribution in [1.82, 2.24) is 9.97 Å². The van der Waals surface area contributed by atoms with Crippen molar-refractivity contribution in [2.45, 2.75) is 13.5 Å². The fourth-order valence-corrected chi connectivity index (χ4v) is 4.19. The van der Waals surface area contributed by atoms with Crippen molar-refractivity contribution in [3.8, 4) is 5.75 Å². The van der Waals surface area contributed by atoms with Crippen LogP contribution in [0.4, 0.5) is 5.13 Å². The number of hydrogen-bond donors (Lipinski definition) is 0. The summed E-state index contributed by atoms with van der Waals surface area (Å²) >= 11 is 13.6. The molecule has 0 spiro atoms. The number of ether oxygens (including phenoxy) is 1. The zero-order valence-electron chi connectivity index (χ0n) is 16.0. The number of fused-ring (bicyclic) bond motifs is 1. The molecule has 0 unspecified atom stereocenters. The van der Waals surface area contributed by atoms with Crippen LogP contribution in [0.3, 0.4) is 0 Å². The van der Waals surface area contributed by atoms with Gasteiger partial charge in [0.1, 0.15) is 5.75 Å². The maximum absolute atomic E-state index is 13.1. The van der Waals surface area contributed by atoms with E-state index in [1.54, 1.807) is 35.4 Å². The molecular formula is C22H17Cl2N3O2S. The van der Waals surface area contributed by atoms with Gasteiger partial charge in [-0.1, -0.05) is 40.6 Å². The van der Waals surface area contributed by atoms with E-state index in [9.17, 15) is 4.79 Å². The van der Waals surface area contributed by atoms with Gasteiger partial charge in [-0.3, -0.25) is 14.7 Å². The monoisotopic (exact) mass is 457 g/mol. The first-order valence-electron chi connectivity index (χ1n) is 9.15. The van der Waals surface area contributed by atoms with Crippen molar-refractivity contribution in [2.24, 2.45) is 0 Å². The fraction of sp³-hybridized carbons (Fsp3) is 0.136. The Morgan fingerprint density at radius 3 is 2.63 bits per heavy atom. The molecule has 4 aromatic rings. The van der Waals surface area contributed by atoms with Crippen LogP contribution >= 0.6 is 34.5 Å². The summed E-state index contributed by atoms with van der Waals surface area (Å²) < 4.78 is 6.63. The molecule has 0 saturated heterocycles. The smallest absolute Gasteiger partial charge is 0.267 e. The summed E-state index contributed by atoms with van der Waals surface area (Å²) in [5.74, 6) is 0.343. The number of hydrogen-bond acceptors (Lipinski definition) is 5. The molecule has 0 N–H and O–H groups in total. The lowest BCUT2D eigenvalue weighted by atomic mass is 10.2. The van der Waals surface area contributed by atoms with Crippen LogP contribution in [-0.2, 0) is 11.3 Å². The Hall–Kier alpha value is -2.67. The van der Waals surface area contributed by atoms with Gasteiger partial charge in [-0.25, -0.2) is 4.98 Å². The van der Waals surface area contributed by atoms with Gasteiger partial charge in [0.15, 0.2) is 11.7 Å². The van der Waals surface area contributed by atoms with Gasteiger partial charge in [-0.2, -0.15) is 0 Å². The molecule has 152 valence electrons. The second-order valence-corrected chi connectivity index (χ2v) is 8.41. The molecule has 0 saturated carbocycles. The number of rotatable bonds is 6. The predicted molar refractivity (Wildman–Crippen MR) is 122 cm³/mol. The minimum atomic E-state index is -0.224. The summed E-state index contributed by atoms with van der Waals surface area (Å²) in [5.41, 5.74) is 2.44. The topological polar surface area (TPSA) is 55.3 Å². The number of thiazole rings is 1. The zero-order valence-corrected chi connectivity index (χ0v) is 18.3. The van der Waals surface area contributed by atoms with Crippen LogP contribution < -0.4 is 9.64 Å². The molecule has 2 aromatic heterocycles. The summed E-state index contributed by atoms with van der Waals surface area (Å²) in [4.78, 5) is 23.7. The largest absolute Gasteiger partial charge is 0.484 e. The molecular weight excluding hydrogens is 441 g/mol. The van der Waals surface area contributed by atoms with E-state index in [1.165, 1.54) is 11.3 Å². The Labute approximate surface area is 187 Å². The Morgan fingerprint density at radius 1 is 1.10 bits per heavy atom. The van der Waals surface area contributed by atoms with Crippen LogP contribution in [0.25, 0.3) is 10.2 Å². The van der Waals surface area contributed by atoms with Gasteiger partial charge in [0.2, 0.25) is 0 Å². The highest BCUT2D eigenvalue weighted by atomic mass is 35.5. The third-order valence-corrected chi connectivity index (χ3v) is 6.20. The number of nitrogens with zero attached hydrogens (tertiary/aromatic N) is 3. The minimum Gasteiger partial charge on any atom is -0.484 e. The van der Waals surface area contributed by atoms with Gasteiger partial charge in [0.25, 0.3) is 5.91 Å². The first kappa shape index (κ1) is 20.6. The number of pyridine rings is 1. The maximum Gasteiger partial charge on any atom is 0.267 e. The molecule has 8 heteroatoms. The first-order chi connectivity index (χ1) is 14.5. The van der Waals surface area contributed by atoms with Crippen molar-refractivity contribution >= 4 is 55.8 Å². The number of aromatic nitrogens is 2. The zero-order chi connectivity index (χ0) is 21.1. The van der Waals surface area contributed by atoms with Gasteiger partial charge in [-0.05, 0) is 61.0 Å². The summed E-state index contributed by atoms with van der Waals surface area (Å²) in [6.45, 7) is 2.07. The number of amides is 1. The quantitative estimate of drug-likeness (QED) is 0.360. The van der Waals surface area contributed by atoms with Crippen LogP contribution in [0, 0.1) is 6.92 Å². The molecule has 0 aliphatic rings. The van der Waals surface area contributed by atoms with Crippen LogP contribution in [0.15, 0.2) is 60.8 Å². The highest BCUT2D eigenvalue weighted by Crippen LogP contribution is 2.34. The molecule has 0 radical (unpaired) electrons. The Morgan fingerprint density at radius 2 is 1.90 bits per heavy atom. The molecule has 4 rings (SSSR count). The molecule has 0 aliphatic heterocycles. The minimum absolute atomic E-state index is 0.135. The fourth-order valence-electron chi connectivity index (χ4n) is 2.87. The second kappa shape index (κ2) is 9.00. The van der Waals surface area contributed by atoms with Gasteiger partial charge >= 0.3 is 0 Å². The van der Waals surface area contributed by atoms with Crippen LogP contribution in [0.5, 0.6) is 5.75 Å². The summed E-state index contributed by atoms with van der Waals surface area (Å²) in [6, 6.07) is 16.2. The molecule has 0 bridgehead atoms. The third kappa shape index (κ3) is 4.56. The Bertz CT molecular complexity index is 1180. The van der Waals surface area contributed by atoms with E-state index in [1.807, 2.05) is 37.3 Å². The average molecular weight is 458 g/mol. The summed E-state index contributed by atoms with van der Waals surface area (Å²) in [7, 11) is 0. The Balaban J connectivity index is 1.63.